The second kappa shape index (κ2) is 12.0. The van der Waals surface area contributed by atoms with Gasteiger partial charge < -0.3 is 15.2 Å². The largest absolute Gasteiger partial charge is 0.481 e. The Morgan fingerprint density at radius 3 is 2.31 bits per heavy atom. The number of esters is 1. The van der Waals surface area contributed by atoms with Crippen molar-refractivity contribution in [1.29, 1.82) is 0 Å². The molecule has 0 fully saturated rings. The van der Waals surface area contributed by atoms with Crippen molar-refractivity contribution >= 4 is 51.8 Å². The van der Waals surface area contributed by atoms with Gasteiger partial charge in [0.05, 0.1) is 21.7 Å². The van der Waals surface area contributed by atoms with E-state index in [2.05, 4.69) is 5.32 Å². The molecular formula is C27H27Cl2NO5. The number of nitrogens with one attached hydrogen (secondary N) is 1. The predicted octanol–water partition coefficient (Wildman–Crippen LogP) is 5.92. The molecule has 35 heavy (non-hydrogen) atoms. The van der Waals surface area contributed by atoms with Gasteiger partial charge in [-0.1, -0.05) is 66.5 Å². The van der Waals surface area contributed by atoms with E-state index in [0.717, 1.165) is 16.3 Å². The first kappa shape index (κ1) is 26.5. The van der Waals surface area contributed by atoms with Gasteiger partial charge in [-0.05, 0) is 53.4 Å². The van der Waals surface area contributed by atoms with Crippen molar-refractivity contribution in [2.24, 2.45) is 5.92 Å². The molecule has 0 bridgehead atoms. The number of hydrogen-bond acceptors (Lipinski definition) is 4. The molecular weight excluding hydrogens is 489 g/mol. The molecule has 0 saturated heterocycles. The number of carboxylic acid groups (broad SMARTS) is 1. The van der Waals surface area contributed by atoms with Crippen LogP contribution in [0.15, 0.2) is 60.7 Å². The minimum Gasteiger partial charge on any atom is -0.481 e. The van der Waals surface area contributed by atoms with E-state index in [-0.39, 0.29) is 24.7 Å². The minimum absolute atomic E-state index is 0.0504. The van der Waals surface area contributed by atoms with Crippen molar-refractivity contribution in [2.75, 3.05) is 0 Å². The van der Waals surface area contributed by atoms with Crippen LogP contribution in [0.3, 0.4) is 0 Å². The molecule has 3 rings (SSSR count). The lowest BCUT2D eigenvalue weighted by Crippen LogP contribution is -2.44. The highest BCUT2D eigenvalue weighted by Crippen LogP contribution is 2.25. The van der Waals surface area contributed by atoms with E-state index in [0.29, 0.717) is 22.0 Å². The molecule has 1 amide bonds. The van der Waals surface area contributed by atoms with Gasteiger partial charge in [0.2, 0.25) is 5.91 Å². The van der Waals surface area contributed by atoms with Gasteiger partial charge in [-0.25, -0.2) is 4.79 Å². The summed E-state index contributed by atoms with van der Waals surface area (Å²) in [6, 6.07) is 17.6. The number of benzene rings is 3. The van der Waals surface area contributed by atoms with Crippen LogP contribution in [0.2, 0.25) is 10.0 Å². The standard InChI is InChI=1S/C27H27Cl2NO5/c1-16(12-26(32)33)11-25(31)30-17(2)24(14-18-7-10-22(28)23(29)13-18)35-27(34)21-9-8-19-5-3-4-6-20(19)15-21/h3-10,13,15-17,24H,11-12,14H2,1-2H3,(H,30,31)(H,32,33)/t16-,17-,24+/m0/s1. The first-order valence-electron chi connectivity index (χ1n) is 11.3. The molecule has 8 heteroatoms. The first-order chi connectivity index (χ1) is 16.6. The second-order valence-electron chi connectivity index (χ2n) is 8.72. The third kappa shape index (κ3) is 7.70. The number of ether oxygens (including phenoxy) is 1. The summed E-state index contributed by atoms with van der Waals surface area (Å²) in [6.45, 7) is 3.45. The molecule has 3 aromatic carbocycles. The van der Waals surface area contributed by atoms with Crippen molar-refractivity contribution < 1.29 is 24.2 Å². The molecule has 3 aromatic rings. The van der Waals surface area contributed by atoms with Gasteiger partial charge >= 0.3 is 11.9 Å². The molecule has 0 aliphatic heterocycles. The summed E-state index contributed by atoms with van der Waals surface area (Å²) in [5.41, 5.74) is 1.19. The predicted molar refractivity (Wildman–Crippen MR) is 137 cm³/mol. The van der Waals surface area contributed by atoms with E-state index in [4.69, 9.17) is 33.0 Å². The minimum atomic E-state index is -0.958. The van der Waals surface area contributed by atoms with Gasteiger partial charge in [0.1, 0.15) is 6.10 Å². The van der Waals surface area contributed by atoms with Gasteiger partial charge in [-0.3, -0.25) is 9.59 Å². The average Bonchev–Trinajstić information content (AvgIpc) is 2.79. The van der Waals surface area contributed by atoms with E-state index in [9.17, 15) is 14.4 Å². The van der Waals surface area contributed by atoms with Crippen LogP contribution in [0.25, 0.3) is 10.8 Å². The van der Waals surface area contributed by atoms with Gasteiger partial charge in [-0.2, -0.15) is 0 Å². The Morgan fingerprint density at radius 1 is 0.914 bits per heavy atom. The van der Waals surface area contributed by atoms with Crippen LogP contribution in [-0.2, 0) is 20.7 Å². The van der Waals surface area contributed by atoms with Crippen molar-refractivity contribution in [3.8, 4) is 0 Å². The molecule has 2 N–H and O–H groups in total. The van der Waals surface area contributed by atoms with Gasteiger partial charge in [-0.15, -0.1) is 0 Å². The van der Waals surface area contributed by atoms with E-state index >= 15 is 0 Å². The fourth-order valence-corrected chi connectivity index (χ4v) is 4.15. The highest BCUT2D eigenvalue weighted by Gasteiger charge is 2.25. The highest BCUT2D eigenvalue weighted by molar-refractivity contribution is 6.42. The number of carbonyl (C=O) groups excluding carboxylic acids is 2. The monoisotopic (exact) mass is 515 g/mol. The molecule has 0 saturated carbocycles. The molecule has 0 aliphatic rings. The van der Waals surface area contributed by atoms with Crippen LogP contribution >= 0.6 is 23.2 Å². The highest BCUT2D eigenvalue weighted by atomic mass is 35.5. The third-order valence-corrected chi connectivity index (χ3v) is 6.41. The lowest BCUT2D eigenvalue weighted by atomic mass is 10.0. The molecule has 184 valence electrons. The quantitative estimate of drug-likeness (QED) is 0.327. The zero-order valence-corrected chi connectivity index (χ0v) is 21.0. The third-order valence-electron chi connectivity index (χ3n) is 5.67. The average molecular weight is 516 g/mol. The summed E-state index contributed by atoms with van der Waals surface area (Å²) >= 11 is 12.2. The summed E-state index contributed by atoms with van der Waals surface area (Å²) in [6.07, 6.45) is -0.465. The summed E-state index contributed by atoms with van der Waals surface area (Å²) in [7, 11) is 0. The summed E-state index contributed by atoms with van der Waals surface area (Å²) < 4.78 is 5.87. The molecule has 0 spiro atoms. The topological polar surface area (TPSA) is 92.7 Å². The molecule has 6 nitrogen and oxygen atoms in total. The van der Waals surface area contributed by atoms with Crippen molar-refractivity contribution in [3.63, 3.8) is 0 Å². The number of fused-ring (bicyclic) bond motifs is 1. The lowest BCUT2D eigenvalue weighted by Gasteiger charge is -2.26. The Hall–Kier alpha value is -3.09. The molecule has 3 atom stereocenters. The smallest absolute Gasteiger partial charge is 0.338 e. The Morgan fingerprint density at radius 2 is 1.63 bits per heavy atom. The number of halogens is 2. The Balaban J connectivity index is 1.77. The van der Waals surface area contributed by atoms with E-state index in [1.165, 1.54) is 0 Å². The number of carboxylic acids is 1. The van der Waals surface area contributed by atoms with Crippen molar-refractivity contribution in [2.45, 2.75) is 45.3 Å². The van der Waals surface area contributed by atoms with Gasteiger partial charge in [0.15, 0.2) is 0 Å². The van der Waals surface area contributed by atoms with E-state index in [1.54, 1.807) is 44.2 Å². The SMILES string of the molecule is C[C@H](CC(=O)O)CC(=O)N[C@@H](C)[C@@H](Cc1ccc(Cl)c(Cl)c1)OC(=O)c1ccc2ccccc2c1. The van der Waals surface area contributed by atoms with Gasteiger partial charge in [0, 0.05) is 19.3 Å². The summed E-state index contributed by atoms with van der Waals surface area (Å²) in [4.78, 5) is 36.5. The number of carbonyl (C=O) groups is 3. The first-order valence-corrected chi connectivity index (χ1v) is 12.0. The maximum absolute atomic E-state index is 13.1. The molecule has 0 unspecified atom stereocenters. The Bertz CT molecular complexity index is 1230. The molecule has 0 heterocycles. The van der Waals surface area contributed by atoms with Crippen LogP contribution in [0.1, 0.15) is 42.6 Å². The fraction of sp³-hybridized carbons (Fsp3) is 0.296. The van der Waals surface area contributed by atoms with Crippen LogP contribution in [0, 0.1) is 5.92 Å². The van der Waals surface area contributed by atoms with Crippen molar-refractivity contribution in [3.05, 3.63) is 81.8 Å². The van der Waals surface area contributed by atoms with Crippen LogP contribution in [0.4, 0.5) is 0 Å². The summed E-state index contributed by atoms with van der Waals surface area (Å²) in [5.74, 6) is -2.11. The van der Waals surface area contributed by atoms with Crippen molar-refractivity contribution in [1.82, 2.24) is 5.32 Å². The van der Waals surface area contributed by atoms with E-state index in [1.807, 2.05) is 30.3 Å². The van der Waals surface area contributed by atoms with Gasteiger partial charge in [0.25, 0.3) is 0 Å². The van der Waals surface area contributed by atoms with Crippen LogP contribution in [-0.4, -0.2) is 35.1 Å². The zero-order chi connectivity index (χ0) is 25.5. The Kier molecular flexibility index (Phi) is 9.13. The van der Waals surface area contributed by atoms with E-state index < -0.39 is 24.1 Å². The normalized spacial score (nSPS) is 13.6. The zero-order valence-electron chi connectivity index (χ0n) is 19.5. The molecule has 0 aromatic heterocycles. The van der Waals surface area contributed by atoms with Crippen LogP contribution in [0.5, 0.6) is 0 Å². The lowest BCUT2D eigenvalue weighted by molar-refractivity contribution is -0.138. The van der Waals surface area contributed by atoms with Crippen LogP contribution < -0.4 is 5.32 Å². The number of hydrogen-bond donors (Lipinski definition) is 2. The molecule has 0 radical (unpaired) electrons. The maximum atomic E-state index is 13.1. The summed E-state index contributed by atoms with van der Waals surface area (Å²) in [5, 5.41) is 14.5. The second-order valence-corrected chi connectivity index (χ2v) is 9.54. The number of rotatable bonds is 10. The fourth-order valence-electron chi connectivity index (χ4n) is 3.83. The number of amides is 1. The Labute approximate surface area is 214 Å². The molecule has 0 aliphatic carbocycles. The maximum Gasteiger partial charge on any atom is 0.338 e. The number of aliphatic carboxylic acids is 1.